The van der Waals surface area contributed by atoms with E-state index >= 15 is 0 Å². The van der Waals surface area contributed by atoms with E-state index in [9.17, 15) is 9.59 Å². The van der Waals surface area contributed by atoms with Gasteiger partial charge < -0.3 is 4.74 Å². The van der Waals surface area contributed by atoms with Gasteiger partial charge in [-0.1, -0.05) is 43.2 Å². The fourth-order valence-electron chi connectivity index (χ4n) is 3.44. The number of benzene rings is 1. The van der Waals surface area contributed by atoms with Crippen LogP contribution in [0.25, 0.3) is 0 Å². The van der Waals surface area contributed by atoms with Crippen molar-refractivity contribution in [1.82, 2.24) is 4.90 Å². The Morgan fingerprint density at radius 2 is 1.90 bits per heavy atom. The van der Waals surface area contributed by atoms with Crippen molar-refractivity contribution < 1.29 is 14.3 Å². The van der Waals surface area contributed by atoms with Crippen molar-refractivity contribution >= 4 is 12.0 Å². The first-order valence-corrected chi connectivity index (χ1v) is 7.74. The Morgan fingerprint density at radius 1 is 1.24 bits per heavy atom. The summed E-state index contributed by atoms with van der Waals surface area (Å²) >= 11 is 0. The average Bonchev–Trinajstić information content (AvgIpc) is 3.08. The van der Waals surface area contributed by atoms with Crippen LogP contribution in [0.1, 0.15) is 50.7 Å². The second-order valence-corrected chi connectivity index (χ2v) is 6.07. The van der Waals surface area contributed by atoms with Crippen LogP contribution in [0.15, 0.2) is 30.3 Å². The third-order valence-corrected chi connectivity index (χ3v) is 4.60. The maximum absolute atomic E-state index is 12.4. The van der Waals surface area contributed by atoms with Gasteiger partial charge in [0.25, 0.3) is 0 Å². The predicted octanol–water partition coefficient (Wildman–Crippen LogP) is 3.68. The van der Waals surface area contributed by atoms with E-state index in [1.54, 1.807) is 0 Å². The number of ether oxygens (including phenoxy) is 1. The Morgan fingerprint density at radius 3 is 2.57 bits per heavy atom. The Balaban J connectivity index is 1.71. The lowest BCUT2D eigenvalue weighted by Gasteiger charge is -2.20. The van der Waals surface area contributed by atoms with Gasteiger partial charge in [-0.25, -0.2) is 9.69 Å². The second-order valence-electron chi connectivity index (χ2n) is 6.07. The molecule has 1 saturated carbocycles. The van der Waals surface area contributed by atoms with Crippen LogP contribution < -0.4 is 0 Å². The molecule has 0 radical (unpaired) electrons. The molecular formula is C17H21NO3. The molecule has 1 heterocycles. The molecule has 2 aliphatic rings. The first-order valence-electron chi connectivity index (χ1n) is 7.74. The van der Waals surface area contributed by atoms with E-state index < -0.39 is 6.09 Å². The van der Waals surface area contributed by atoms with Gasteiger partial charge in [0.1, 0.15) is 6.10 Å². The van der Waals surface area contributed by atoms with E-state index in [0.717, 1.165) is 18.4 Å². The number of hydrogen-bond acceptors (Lipinski definition) is 3. The molecule has 2 amide bonds. The molecule has 0 aromatic heterocycles. The molecule has 2 fully saturated rings. The van der Waals surface area contributed by atoms with Gasteiger partial charge in [-0.15, -0.1) is 0 Å². The summed E-state index contributed by atoms with van der Waals surface area (Å²) in [4.78, 5) is 25.8. The number of amides is 2. The minimum Gasteiger partial charge on any atom is -0.439 e. The molecule has 2 atom stereocenters. The van der Waals surface area contributed by atoms with Gasteiger partial charge in [0.15, 0.2) is 0 Å². The Kier molecular flexibility index (Phi) is 3.95. The second kappa shape index (κ2) is 5.88. The van der Waals surface area contributed by atoms with E-state index in [0.29, 0.717) is 12.3 Å². The van der Waals surface area contributed by atoms with Crippen LogP contribution in [0.3, 0.4) is 0 Å². The van der Waals surface area contributed by atoms with Crippen molar-refractivity contribution in [1.29, 1.82) is 0 Å². The van der Waals surface area contributed by atoms with Crippen LogP contribution in [0, 0.1) is 5.92 Å². The number of carbonyl (C=O) groups is 2. The quantitative estimate of drug-likeness (QED) is 0.852. The topological polar surface area (TPSA) is 46.6 Å². The monoisotopic (exact) mass is 287 g/mol. The SMILES string of the molecule is C[C@H]1[C@@H](c2ccccc2)OC(=O)N1C(=O)CC1CCCC1. The maximum atomic E-state index is 12.4. The third-order valence-electron chi connectivity index (χ3n) is 4.60. The van der Waals surface area contributed by atoms with Crippen LogP contribution in [0.5, 0.6) is 0 Å². The number of nitrogens with zero attached hydrogens (tertiary/aromatic N) is 1. The highest BCUT2D eigenvalue weighted by Crippen LogP contribution is 2.34. The van der Waals surface area contributed by atoms with E-state index in [1.165, 1.54) is 17.7 Å². The molecule has 4 nitrogen and oxygen atoms in total. The van der Waals surface area contributed by atoms with Crippen LogP contribution >= 0.6 is 0 Å². The summed E-state index contributed by atoms with van der Waals surface area (Å²) in [5.41, 5.74) is 0.939. The zero-order valence-electron chi connectivity index (χ0n) is 12.3. The Hall–Kier alpha value is -1.84. The van der Waals surface area contributed by atoms with Gasteiger partial charge in [-0.05, 0) is 31.2 Å². The first-order chi connectivity index (χ1) is 10.2. The van der Waals surface area contributed by atoms with Crippen molar-refractivity contribution in [2.24, 2.45) is 5.92 Å². The van der Waals surface area contributed by atoms with Crippen molar-refractivity contribution in [2.45, 2.75) is 51.2 Å². The summed E-state index contributed by atoms with van der Waals surface area (Å²) in [6.07, 6.45) is 4.22. The highest BCUT2D eigenvalue weighted by molar-refractivity contribution is 5.93. The van der Waals surface area contributed by atoms with Gasteiger partial charge in [-0.2, -0.15) is 0 Å². The Bertz CT molecular complexity index is 522. The molecule has 0 N–H and O–H groups in total. The molecule has 4 heteroatoms. The van der Waals surface area contributed by atoms with Crippen molar-refractivity contribution in [3.8, 4) is 0 Å². The standard InChI is InChI=1S/C17H21NO3/c1-12-16(14-9-3-2-4-10-14)21-17(20)18(12)15(19)11-13-7-5-6-8-13/h2-4,9-10,12-13,16H,5-8,11H2,1H3/t12-,16-/m0/s1. The van der Waals surface area contributed by atoms with Crippen molar-refractivity contribution in [3.63, 3.8) is 0 Å². The van der Waals surface area contributed by atoms with Crippen LogP contribution in [0.4, 0.5) is 4.79 Å². The molecule has 112 valence electrons. The normalized spacial score (nSPS) is 26.1. The maximum Gasteiger partial charge on any atom is 0.417 e. The molecule has 1 aliphatic carbocycles. The summed E-state index contributed by atoms with van der Waals surface area (Å²) in [7, 11) is 0. The summed E-state index contributed by atoms with van der Waals surface area (Å²) < 4.78 is 5.42. The predicted molar refractivity (Wildman–Crippen MR) is 78.5 cm³/mol. The van der Waals surface area contributed by atoms with E-state index in [4.69, 9.17) is 4.74 Å². The third kappa shape index (κ3) is 2.80. The van der Waals surface area contributed by atoms with Crippen LogP contribution in [-0.2, 0) is 9.53 Å². The van der Waals surface area contributed by atoms with Gasteiger partial charge >= 0.3 is 6.09 Å². The summed E-state index contributed by atoms with van der Waals surface area (Å²) in [6, 6.07) is 9.37. The summed E-state index contributed by atoms with van der Waals surface area (Å²) in [5.74, 6) is 0.353. The van der Waals surface area contributed by atoms with Crippen LogP contribution in [0.2, 0.25) is 0 Å². The van der Waals surface area contributed by atoms with Gasteiger partial charge in [0.05, 0.1) is 6.04 Å². The summed E-state index contributed by atoms with van der Waals surface area (Å²) in [5, 5.41) is 0. The lowest BCUT2D eigenvalue weighted by molar-refractivity contribution is -0.130. The number of rotatable bonds is 3. The molecule has 0 bridgehead atoms. The average molecular weight is 287 g/mol. The smallest absolute Gasteiger partial charge is 0.417 e. The molecule has 1 aliphatic heterocycles. The van der Waals surface area contributed by atoms with E-state index in [2.05, 4.69) is 0 Å². The molecule has 0 spiro atoms. The Labute approximate surface area is 125 Å². The van der Waals surface area contributed by atoms with Crippen LogP contribution in [-0.4, -0.2) is 22.9 Å². The fraction of sp³-hybridized carbons (Fsp3) is 0.529. The highest BCUT2D eigenvalue weighted by Gasteiger charge is 2.43. The lowest BCUT2D eigenvalue weighted by atomic mass is 10.0. The number of imide groups is 1. The molecule has 3 rings (SSSR count). The van der Waals surface area contributed by atoms with Gasteiger partial charge in [-0.3, -0.25) is 4.79 Å². The van der Waals surface area contributed by atoms with Gasteiger partial charge in [0, 0.05) is 6.42 Å². The molecule has 0 unspecified atom stereocenters. The number of hydrogen-bond donors (Lipinski definition) is 0. The fourth-order valence-corrected chi connectivity index (χ4v) is 3.44. The lowest BCUT2D eigenvalue weighted by Crippen LogP contribution is -2.38. The minimum atomic E-state index is -0.501. The number of cyclic esters (lactones) is 1. The minimum absolute atomic E-state index is 0.0853. The molecular weight excluding hydrogens is 266 g/mol. The van der Waals surface area contributed by atoms with Crippen molar-refractivity contribution in [2.75, 3.05) is 0 Å². The van der Waals surface area contributed by atoms with Crippen molar-refractivity contribution in [3.05, 3.63) is 35.9 Å². The summed E-state index contributed by atoms with van der Waals surface area (Å²) in [6.45, 7) is 1.88. The zero-order valence-corrected chi connectivity index (χ0v) is 12.3. The molecule has 1 aromatic carbocycles. The molecule has 1 aromatic rings. The van der Waals surface area contributed by atoms with Gasteiger partial charge in [0.2, 0.25) is 5.91 Å². The zero-order chi connectivity index (χ0) is 14.8. The first kappa shape index (κ1) is 14.1. The largest absolute Gasteiger partial charge is 0.439 e. The highest BCUT2D eigenvalue weighted by atomic mass is 16.6. The molecule has 1 saturated heterocycles. The van der Waals surface area contributed by atoms with E-state index in [1.807, 2.05) is 37.3 Å². The van der Waals surface area contributed by atoms with E-state index in [-0.39, 0.29) is 18.1 Å². The number of carbonyl (C=O) groups excluding carboxylic acids is 2. The molecule has 21 heavy (non-hydrogen) atoms.